The van der Waals surface area contributed by atoms with Crippen LogP contribution in [0, 0.1) is 0 Å². The predicted octanol–water partition coefficient (Wildman–Crippen LogP) is 3.62. The average molecular weight is 276 g/mol. The lowest BCUT2D eigenvalue weighted by Gasteiger charge is -1.95. The average Bonchev–Trinajstić information content (AvgIpc) is 2.52. The summed E-state index contributed by atoms with van der Waals surface area (Å²) in [6.07, 6.45) is 3.49. The van der Waals surface area contributed by atoms with Crippen LogP contribution in [0.15, 0.2) is 28.3 Å². The first-order chi connectivity index (χ1) is 6.25. The Bertz CT molecular complexity index is 430. The Kier molecular flexibility index (Phi) is 2.62. The van der Waals surface area contributed by atoms with Gasteiger partial charge in [-0.25, -0.2) is 4.98 Å². The highest BCUT2D eigenvalue weighted by Crippen LogP contribution is 2.25. The fraction of sp³-hybridized carbons (Fsp3) is 0. The highest BCUT2D eigenvalue weighted by molar-refractivity contribution is 9.10. The molecule has 0 unspecified atom stereocenters. The number of nitrogens with zero attached hydrogens (tertiary/aromatic N) is 2. The third-order valence-electron chi connectivity index (χ3n) is 1.48. The molecule has 0 aliphatic carbocycles. The standard InChI is InChI=1S/C8H4BrClN2S/c9-6-1-5(2-11-3-6)7-4-13-8(10)12-7/h1-4H. The minimum Gasteiger partial charge on any atom is -0.263 e. The smallest absolute Gasteiger partial charge is 0.184 e. The van der Waals surface area contributed by atoms with Crippen LogP contribution in [-0.2, 0) is 0 Å². The Morgan fingerprint density at radius 3 is 2.85 bits per heavy atom. The molecular weight excluding hydrogens is 272 g/mol. The quantitative estimate of drug-likeness (QED) is 0.794. The molecule has 5 heteroatoms. The van der Waals surface area contributed by atoms with Crippen LogP contribution in [0.4, 0.5) is 0 Å². The van der Waals surface area contributed by atoms with Gasteiger partial charge in [-0.1, -0.05) is 11.6 Å². The van der Waals surface area contributed by atoms with Crippen molar-refractivity contribution in [3.63, 3.8) is 0 Å². The first kappa shape index (κ1) is 9.12. The summed E-state index contributed by atoms with van der Waals surface area (Å²) in [5, 5.41) is 1.91. The third kappa shape index (κ3) is 2.07. The maximum atomic E-state index is 5.73. The molecule has 0 spiro atoms. The number of hydrogen-bond donors (Lipinski definition) is 0. The van der Waals surface area contributed by atoms with Crippen molar-refractivity contribution in [1.29, 1.82) is 0 Å². The molecule has 0 saturated heterocycles. The van der Waals surface area contributed by atoms with E-state index >= 15 is 0 Å². The summed E-state index contributed by atoms with van der Waals surface area (Å²) in [5.74, 6) is 0. The summed E-state index contributed by atoms with van der Waals surface area (Å²) in [4.78, 5) is 8.19. The zero-order chi connectivity index (χ0) is 9.26. The molecule has 0 N–H and O–H groups in total. The molecule has 2 aromatic heterocycles. The van der Waals surface area contributed by atoms with Crippen molar-refractivity contribution in [2.45, 2.75) is 0 Å². The number of rotatable bonds is 1. The molecule has 2 nitrogen and oxygen atoms in total. The fourth-order valence-corrected chi connectivity index (χ4v) is 2.07. The van der Waals surface area contributed by atoms with E-state index in [-0.39, 0.29) is 0 Å². The van der Waals surface area contributed by atoms with Gasteiger partial charge in [0.05, 0.1) is 5.69 Å². The van der Waals surface area contributed by atoms with E-state index in [1.807, 2.05) is 11.4 Å². The molecule has 0 atom stereocenters. The summed E-state index contributed by atoms with van der Waals surface area (Å²) >= 11 is 10.5. The molecule has 2 rings (SSSR count). The summed E-state index contributed by atoms with van der Waals surface area (Å²) in [5.41, 5.74) is 1.83. The first-order valence-corrected chi connectivity index (χ1v) is 5.53. The zero-order valence-electron chi connectivity index (χ0n) is 6.37. The Morgan fingerprint density at radius 1 is 1.38 bits per heavy atom. The van der Waals surface area contributed by atoms with Gasteiger partial charge in [0.2, 0.25) is 0 Å². The normalized spacial score (nSPS) is 10.3. The number of thiazole rings is 1. The third-order valence-corrected chi connectivity index (χ3v) is 2.89. The van der Waals surface area contributed by atoms with E-state index in [0.717, 1.165) is 15.7 Å². The first-order valence-electron chi connectivity index (χ1n) is 3.47. The van der Waals surface area contributed by atoms with Crippen molar-refractivity contribution in [3.05, 3.63) is 32.8 Å². The molecule has 0 aliphatic rings. The molecular formula is C8H4BrClN2S. The fourth-order valence-electron chi connectivity index (χ4n) is 0.936. The Morgan fingerprint density at radius 2 is 2.23 bits per heavy atom. The van der Waals surface area contributed by atoms with Gasteiger partial charge >= 0.3 is 0 Å². The molecule has 13 heavy (non-hydrogen) atoms. The minimum absolute atomic E-state index is 0.551. The Hall–Kier alpha value is -0.450. The highest BCUT2D eigenvalue weighted by Gasteiger charge is 2.03. The lowest BCUT2D eigenvalue weighted by atomic mass is 10.2. The molecule has 0 aromatic carbocycles. The van der Waals surface area contributed by atoms with E-state index < -0.39 is 0 Å². The van der Waals surface area contributed by atoms with Gasteiger partial charge in [0.1, 0.15) is 0 Å². The summed E-state index contributed by atoms with van der Waals surface area (Å²) < 4.78 is 1.49. The molecule has 0 aliphatic heterocycles. The second-order valence-electron chi connectivity index (χ2n) is 2.38. The summed E-state index contributed by atoms with van der Waals surface area (Å²) in [6, 6.07) is 1.96. The van der Waals surface area contributed by atoms with Crippen molar-refractivity contribution in [2.75, 3.05) is 0 Å². The van der Waals surface area contributed by atoms with Crippen LogP contribution in [0.5, 0.6) is 0 Å². The van der Waals surface area contributed by atoms with Gasteiger partial charge < -0.3 is 0 Å². The highest BCUT2D eigenvalue weighted by atomic mass is 79.9. The molecule has 0 amide bonds. The Labute approximate surface area is 92.7 Å². The number of hydrogen-bond acceptors (Lipinski definition) is 3. The topological polar surface area (TPSA) is 25.8 Å². The van der Waals surface area contributed by atoms with Crippen LogP contribution in [0.1, 0.15) is 0 Å². The van der Waals surface area contributed by atoms with E-state index in [9.17, 15) is 0 Å². The lowest BCUT2D eigenvalue weighted by Crippen LogP contribution is -1.79. The van der Waals surface area contributed by atoms with E-state index in [0.29, 0.717) is 4.47 Å². The van der Waals surface area contributed by atoms with Crippen LogP contribution >= 0.6 is 38.9 Å². The van der Waals surface area contributed by atoms with Gasteiger partial charge in [-0.2, -0.15) is 0 Å². The Balaban J connectivity index is 2.46. The van der Waals surface area contributed by atoms with Gasteiger partial charge in [-0.3, -0.25) is 4.98 Å². The van der Waals surface area contributed by atoms with Gasteiger partial charge in [0.15, 0.2) is 4.47 Å². The summed E-state index contributed by atoms with van der Waals surface area (Å²) in [7, 11) is 0. The molecule has 2 heterocycles. The van der Waals surface area contributed by atoms with Crippen molar-refractivity contribution < 1.29 is 0 Å². The molecule has 0 saturated carbocycles. The molecule has 66 valence electrons. The minimum atomic E-state index is 0.551. The van der Waals surface area contributed by atoms with E-state index in [2.05, 4.69) is 25.9 Å². The second-order valence-corrected chi connectivity index (χ2v) is 4.73. The van der Waals surface area contributed by atoms with Gasteiger partial charge in [0, 0.05) is 27.8 Å². The largest absolute Gasteiger partial charge is 0.263 e. The van der Waals surface area contributed by atoms with Crippen molar-refractivity contribution >= 4 is 38.9 Å². The molecule has 0 fully saturated rings. The maximum absolute atomic E-state index is 5.73. The van der Waals surface area contributed by atoms with E-state index in [1.165, 1.54) is 11.3 Å². The number of halogens is 2. The van der Waals surface area contributed by atoms with Gasteiger partial charge in [0.25, 0.3) is 0 Å². The van der Waals surface area contributed by atoms with Crippen LogP contribution in [0.3, 0.4) is 0 Å². The maximum Gasteiger partial charge on any atom is 0.184 e. The number of aromatic nitrogens is 2. The second kappa shape index (κ2) is 3.74. The number of pyridine rings is 1. The van der Waals surface area contributed by atoms with Crippen LogP contribution in [0.2, 0.25) is 4.47 Å². The van der Waals surface area contributed by atoms with E-state index in [1.54, 1.807) is 12.4 Å². The lowest BCUT2D eigenvalue weighted by molar-refractivity contribution is 1.29. The monoisotopic (exact) mass is 274 g/mol. The molecule has 0 radical (unpaired) electrons. The van der Waals surface area contributed by atoms with Gasteiger partial charge in [-0.05, 0) is 22.0 Å². The van der Waals surface area contributed by atoms with E-state index in [4.69, 9.17) is 11.6 Å². The van der Waals surface area contributed by atoms with Crippen LogP contribution in [0.25, 0.3) is 11.3 Å². The summed E-state index contributed by atoms with van der Waals surface area (Å²) in [6.45, 7) is 0. The van der Waals surface area contributed by atoms with Crippen molar-refractivity contribution in [1.82, 2.24) is 9.97 Å². The predicted molar refractivity (Wildman–Crippen MR) is 58.1 cm³/mol. The van der Waals surface area contributed by atoms with Crippen molar-refractivity contribution in [3.8, 4) is 11.3 Å². The van der Waals surface area contributed by atoms with Crippen molar-refractivity contribution in [2.24, 2.45) is 0 Å². The van der Waals surface area contributed by atoms with Crippen LogP contribution in [-0.4, -0.2) is 9.97 Å². The SMILES string of the molecule is Clc1nc(-c2cncc(Br)c2)cs1. The van der Waals surface area contributed by atoms with Crippen LogP contribution < -0.4 is 0 Å². The molecule has 2 aromatic rings. The molecule has 0 bridgehead atoms. The van der Waals surface area contributed by atoms with Gasteiger partial charge in [-0.15, -0.1) is 11.3 Å². The zero-order valence-corrected chi connectivity index (χ0v) is 9.53.